The monoisotopic (exact) mass is 309 g/mol. The van der Waals surface area contributed by atoms with Crippen molar-refractivity contribution in [3.05, 3.63) is 16.5 Å². The van der Waals surface area contributed by atoms with Gasteiger partial charge in [-0.05, 0) is 38.5 Å². The Labute approximate surface area is 134 Å². The molecule has 1 aliphatic rings. The Hall–Kier alpha value is -0.830. The van der Waals surface area contributed by atoms with Gasteiger partial charge in [0.05, 0.1) is 0 Å². The number of hydrogen-bond acceptors (Lipinski definition) is 3. The highest BCUT2D eigenvalue weighted by atomic mass is 35.5. The molecule has 1 aliphatic carbocycles. The van der Waals surface area contributed by atoms with Crippen LogP contribution >= 0.6 is 11.6 Å². The fraction of sp³-hybridized carbons (Fsp3) is 0.765. The molecule has 2 rings (SSSR count). The standard InChI is InChI=1S/C17H28ClN3/c1-11-7-9-13(10-8-11)21(6)15-12(2)14(18)19-16(20-15)17(3,4)5/h11,13H,7-10H2,1-6H3. The SMILES string of the molecule is Cc1c(Cl)nc(C(C)(C)C)nc1N(C)C1CCC(C)CC1. The van der Waals surface area contributed by atoms with E-state index in [4.69, 9.17) is 16.6 Å². The third-order valence-corrected chi connectivity index (χ3v) is 4.97. The molecule has 0 bridgehead atoms. The molecule has 0 atom stereocenters. The fourth-order valence-electron chi connectivity index (χ4n) is 2.96. The summed E-state index contributed by atoms with van der Waals surface area (Å²) < 4.78 is 0. The Balaban J connectivity index is 2.31. The lowest BCUT2D eigenvalue weighted by Gasteiger charge is -2.35. The predicted octanol–water partition coefficient (Wildman–Crippen LogP) is 4.75. The van der Waals surface area contributed by atoms with Gasteiger partial charge < -0.3 is 4.90 Å². The summed E-state index contributed by atoms with van der Waals surface area (Å²) in [6, 6.07) is 0.568. The predicted molar refractivity (Wildman–Crippen MR) is 90.3 cm³/mol. The summed E-state index contributed by atoms with van der Waals surface area (Å²) in [5.74, 6) is 2.68. The van der Waals surface area contributed by atoms with E-state index in [2.05, 4.69) is 44.6 Å². The molecule has 0 amide bonds. The average molecular weight is 310 g/mol. The van der Waals surface area contributed by atoms with Crippen molar-refractivity contribution in [2.45, 2.75) is 71.8 Å². The number of rotatable bonds is 2. The van der Waals surface area contributed by atoms with Gasteiger partial charge >= 0.3 is 0 Å². The molecule has 21 heavy (non-hydrogen) atoms. The van der Waals surface area contributed by atoms with Gasteiger partial charge in [0.1, 0.15) is 16.8 Å². The van der Waals surface area contributed by atoms with E-state index >= 15 is 0 Å². The van der Waals surface area contributed by atoms with Crippen LogP contribution in [0.2, 0.25) is 5.15 Å². The van der Waals surface area contributed by atoms with Gasteiger partial charge in [0, 0.05) is 24.1 Å². The zero-order valence-electron chi connectivity index (χ0n) is 14.2. The average Bonchev–Trinajstić information content (AvgIpc) is 2.40. The van der Waals surface area contributed by atoms with Crippen molar-refractivity contribution < 1.29 is 0 Å². The minimum Gasteiger partial charge on any atom is -0.356 e. The molecule has 0 unspecified atom stereocenters. The lowest BCUT2D eigenvalue weighted by molar-refractivity contribution is 0.339. The van der Waals surface area contributed by atoms with Gasteiger partial charge in [0.2, 0.25) is 0 Å². The number of anilines is 1. The Morgan fingerprint density at radius 1 is 1.10 bits per heavy atom. The van der Waals surface area contributed by atoms with Crippen molar-refractivity contribution in [3.8, 4) is 0 Å². The third-order valence-electron chi connectivity index (χ3n) is 4.60. The molecule has 1 fully saturated rings. The minimum atomic E-state index is -0.0893. The third kappa shape index (κ3) is 3.68. The summed E-state index contributed by atoms with van der Waals surface area (Å²) in [7, 11) is 2.15. The maximum atomic E-state index is 6.35. The lowest BCUT2D eigenvalue weighted by atomic mass is 9.86. The molecule has 1 saturated carbocycles. The summed E-state index contributed by atoms with van der Waals surface area (Å²) in [6.07, 6.45) is 5.09. The molecule has 0 spiro atoms. The second kappa shape index (κ2) is 6.12. The van der Waals surface area contributed by atoms with E-state index in [1.165, 1.54) is 25.7 Å². The molecular weight excluding hydrogens is 282 g/mol. The lowest BCUT2D eigenvalue weighted by Crippen LogP contribution is -2.36. The van der Waals surface area contributed by atoms with Gasteiger partial charge in [-0.15, -0.1) is 0 Å². The topological polar surface area (TPSA) is 29.0 Å². The van der Waals surface area contributed by atoms with E-state index in [9.17, 15) is 0 Å². The first kappa shape index (κ1) is 16.5. The first-order chi connectivity index (χ1) is 9.70. The van der Waals surface area contributed by atoms with Crippen molar-refractivity contribution in [2.24, 2.45) is 5.92 Å². The van der Waals surface area contributed by atoms with Crippen LogP contribution in [0.4, 0.5) is 5.82 Å². The van der Waals surface area contributed by atoms with Crippen LogP contribution in [0.25, 0.3) is 0 Å². The van der Waals surface area contributed by atoms with Crippen molar-refractivity contribution in [1.82, 2.24) is 9.97 Å². The molecule has 4 heteroatoms. The molecule has 3 nitrogen and oxygen atoms in total. The largest absolute Gasteiger partial charge is 0.356 e. The molecule has 0 aliphatic heterocycles. The molecule has 1 aromatic rings. The van der Waals surface area contributed by atoms with Crippen LogP contribution in [0.1, 0.15) is 64.8 Å². The maximum absolute atomic E-state index is 6.35. The molecule has 0 N–H and O–H groups in total. The Morgan fingerprint density at radius 3 is 2.19 bits per heavy atom. The van der Waals surface area contributed by atoms with E-state index in [1.54, 1.807) is 0 Å². The Bertz CT molecular complexity index is 499. The van der Waals surface area contributed by atoms with Gasteiger partial charge in [-0.25, -0.2) is 9.97 Å². The van der Waals surface area contributed by atoms with Crippen molar-refractivity contribution in [3.63, 3.8) is 0 Å². The number of hydrogen-bond donors (Lipinski definition) is 0. The summed E-state index contributed by atoms with van der Waals surface area (Å²) in [6.45, 7) is 10.7. The van der Waals surface area contributed by atoms with E-state index < -0.39 is 0 Å². The summed E-state index contributed by atoms with van der Waals surface area (Å²) in [5, 5.41) is 0.584. The van der Waals surface area contributed by atoms with Crippen LogP contribution in [-0.2, 0) is 5.41 Å². The second-order valence-corrected chi connectivity index (χ2v) is 7.92. The molecule has 0 radical (unpaired) electrons. The number of halogens is 1. The highest BCUT2D eigenvalue weighted by Crippen LogP contribution is 2.33. The fourth-order valence-corrected chi connectivity index (χ4v) is 3.12. The zero-order valence-corrected chi connectivity index (χ0v) is 15.0. The van der Waals surface area contributed by atoms with Gasteiger partial charge in [-0.3, -0.25) is 0 Å². The highest BCUT2D eigenvalue weighted by Gasteiger charge is 2.26. The van der Waals surface area contributed by atoms with E-state index in [0.29, 0.717) is 11.2 Å². The Morgan fingerprint density at radius 2 is 1.67 bits per heavy atom. The van der Waals surface area contributed by atoms with Gasteiger partial charge in [0.25, 0.3) is 0 Å². The molecule has 0 saturated heterocycles. The van der Waals surface area contributed by atoms with Crippen LogP contribution in [0.3, 0.4) is 0 Å². The van der Waals surface area contributed by atoms with Gasteiger partial charge in [-0.1, -0.05) is 39.3 Å². The van der Waals surface area contributed by atoms with Gasteiger partial charge in [-0.2, -0.15) is 0 Å². The van der Waals surface area contributed by atoms with Crippen LogP contribution in [0.15, 0.2) is 0 Å². The summed E-state index contributed by atoms with van der Waals surface area (Å²) in [5.41, 5.74) is 0.902. The molecule has 118 valence electrons. The first-order valence-electron chi connectivity index (χ1n) is 7.97. The maximum Gasteiger partial charge on any atom is 0.137 e. The van der Waals surface area contributed by atoms with E-state index in [1.807, 2.05) is 6.92 Å². The van der Waals surface area contributed by atoms with Crippen LogP contribution in [0, 0.1) is 12.8 Å². The number of nitrogens with zero attached hydrogens (tertiary/aromatic N) is 3. The minimum absolute atomic E-state index is 0.0893. The number of aromatic nitrogens is 2. The highest BCUT2D eigenvalue weighted by molar-refractivity contribution is 6.30. The second-order valence-electron chi connectivity index (χ2n) is 7.56. The smallest absolute Gasteiger partial charge is 0.137 e. The normalized spacial score (nSPS) is 23.2. The molecular formula is C17H28ClN3. The molecule has 1 heterocycles. The quantitative estimate of drug-likeness (QED) is 0.738. The molecule has 0 aromatic carbocycles. The summed E-state index contributed by atoms with van der Waals surface area (Å²) >= 11 is 6.35. The Kier molecular flexibility index (Phi) is 4.82. The van der Waals surface area contributed by atoms with Crippen molar-refractivity contribution in [1.29, 1.82) is 0 Å². The van der Waals surface area contributed by atoms with Crippen LogP contribution in [-0.4, -0.2) is 23.1 Å². The zero-order chi connectivity index (χ0) is 15.8. The summed E-state index contributed by atoms with van der Waals surface area (Å²) in [4.78, 5) is 11.6. The van der Waals surface area contributed by atoms with E-state index in [-0.39, 0.29) is 5.41 Å². The van der Waals surface area contributed by atoms with Crippen molar-refractivity contribution >= 4 is 17.4 Å². The first-order valence-corrected chi connectivity index (χ1v) is 8.35. The van der Waals surface area contributed by atoms with E-state index in [0.717, 1.165) is 23.1 Å². The van der Waals surface area contributed by atoms with Crippen molar-refractivity contribution in [2.75, 3.05) is 11.9 Å². The van der Waals surface area contributed by atoms with Crippen LogP contribution in [0.5, 0.6) is 0 Å². The molecule has 1 aromatic heterocycles. The van der Waals surface area contributed by atoms with Gasteiger partial charge in [0.15, 0.2) is 0 Å². The van der Waals surface area contributed by atoms with Crippen LogP contribution < -0.4 is 4.90 Å².